The number of hydrogen-bond donors (Lipinski definition) is 0. The molecule has 0 atom stereocenters. The highest BCUT2D eigenvalue weighted by atomic mass is 14.2. The maximum atomic E-state index is 2.34. The van der Waals surface area contributed by atoms with Gasteiger partial charge in [0.05, 0.1) is 0 Å². The van der Waals surface area contributed by atoms with Crippen molar-refractivity contribution in [3.05, 3.63) is 178 Å². The topological polar surface area (TPSA) is 0 Å². The van der Waals surface area contributed by atoms with Crippen LogP contribution in [-0.2, 0) is 12.8 Å². The summed E-state index contributed by atoms with van der Waals surface area (Å²) < 4.78 is 0. The predicted octanol–water partition coefficient (Wildman–Crippen LogP) is 12.4. The third-order valence-corrected chi connectivity index (χ3v) is 10.1. The molecule has 0 aromatic heterocycles. The van der Waals surface area contributed by atoms with Gasteiger partial charge in [0.25, 0.3) is 0 Å². The fourth-order valence-electron chi connectivity index (χ4n) is 7.83. The first-order valence-electron chi connectivity index (χ1n) is 16.4. The van der Waals surface area contributed by atoms with Crippen LogP contribution in [-0.4, -0.2) is 0 Å². The van der Waals surface area contributed by atoms with Crippen LogP contribution in [0.3, 0.4) is 0 Å². The molecule has 0 fully saturated rings. The Kier molecular flexibility index (Phi) is 6.95. The van der Waals surface area contributed by atoms with Crippen molar-refractivity contribution in [3.8, 4) is 11.1 Å². The van der Waals surface area contributed by atoms with Gasteiger partial charge in [-0.15, -0.1) is 0 Å². The Morgan fingerprint density at radius 3 is 0.891 bits per heavy atom. The van der Waals surface area contributed by atoms with Crippen LogP contribution < -0.4 is 0 Å². The zero-order chi connectivity index (χ0) is 31.4. The van der Waals surface area contributed by atoms with Crippen LogP contribution in [0.2, 0.25) is 0 Å². The lowest BCUT2D eigenvalue weighted by molar-refractivity contribution is 1.17. The summed E-state index contributed by atoms with van der Waals surface area (Å²) >= 11 is 0. The van der Waals surface area contributed by atoms with Gasteiger partial charge in [-0.2, -0.15) is 0 Å². The molecule has 222 valence electrons. The maximum absolute atomic E-state index is 2.34. The van der Waals surface area contributed by atoms with Gasteiger partial charge in [0.1, 0.15) is 0 Å². The van der Waals surface area contributed by atoms with Crippen molar-refractivity contribution in [2.24, 2.45) is 0 Å². The van der Waals surface area contributed by atoms with Crippen LogP contribution in [0, 0.1) is 27.7 Å². The Bertz CT molecular complexity index is 2170. The van der Waals surface area contributed by atoms with Gasteiger partial charge in [-0.3, -0.25) is 0 Å². The highest BCUT2D eigenvalue weighted by Gasteiger charge is 2.21. The smallest absolute Gasteiger partial charge is 0.00108 e. The quantitative estimate of drug-likeness (QED) is 0.175. The van der Waals surface area contributed by atoms with Crippen molar-refractivity contribution < 1.29 is 0 Å². The molecule has 0 radical (unpaired) electrons. The van der Waals surface area contributed by atoms with E-state index in [9.17, 15) is 0 Å². The summed E-state index contributed by atoms with van der Waals surface area (Å²) in [5, 5.41) is 10.6. The first-order valence-corrected chi connectivity index (χ1v) is 16.4. The summed E-state index contributed by atoms with van der Waals surface area (Å²) in [4.78, 5) is 0. The van der Waals surface area contributed by atoms with E-state index in [-0.39, 0.29) is 0 Å². The second-order valence-electron chi connectivity index (χ2n) is 13.1. The van der Waals surface area contributed by atoms with Crippen molar-refractivity contribution in [2.75, 3.05) is 0 Å². The number of rotatable bonds is 5. The van der Waals surface area contributed by atoms with Gasteiger partial charge in [-0.1, -0.05) is 145 Å². The lowest BCUT2D eigenvalue weighted by atomic mass is 9.81. The van der Waals surface area contributed by atoms with Crippen molar-refractivity contribution in [1.29, 1.82) is 0 Å². The summed E-state index contributed by atoms with van der Waals surface area (Å²) in [6, 6.07) is 50.1. The molecule has 0 bridgehead atoms. The molecule has 46 heavy (non-hydrogen) atoms. The van der Waals surface area contributed by atoms with Gasteiger partial charge in [0.15, 0.2) is 0 Å². The standard InChI is InChI=1S/C46H38/c1-29-21-23-33(31(3)25-29)27-43-35-13-5-9-17-39(35)45(40-18-10-6-14-36(40)43)46-41-19-11-7-15-37(41)44(38-16-8-12-20-42(38)46)28-34-24-22-30(2)26-32(34)4/h5-26H,27-28H2,1-4H3. The van der Waals surface area contributed by atoms with E-state index in [1.165, 1.54) is 98.7 Å². The second kappa shape index (κ2) is 11.3. The van der Waals surface area contributed by atoms with Gasteiger partial charge in [-0.05, 0) is 128 Å². The van der Waals surface area contributed by atoms with Crippen molar-refractivity contribution >= 4 is 43.1 Å². The predicted molar refractivity (Wildman–Crippen MR) is 199 cm³/mol. The minimum Gasteiger partial charge on any atom is -0.0616 e. The molecule has 0 saturated heterocycles. The molecule has 0 aliphatic carbocycles. The minimum atomic E-state index is 0.907. The third kappa shape index (κ3) is 4.68. The molecule has 8 aromatic rings. The van der Waals surface area contributed by atoms with Crippen LogP contribution in [0.1, 0.15) is 44.5 Å². The summed E-state index contributed by atoms with van der Waals surface area (Å²) in [7, 11) is 0. The Balaban J connectivity index is 1.47. The van der Waals surface area contributed by atoms with Gasteiger partial charge in [-0.25, -0.2) is 0 Å². The van der Waals surface area contributed by atoms with E-state index in [1.807, 2.05) is 0 Å². The van der Waals surface area contributed by atoms with Crippen LogP contribution in [0.25, 0.3) is 54.2 Å². The summed E-state index contributed by atoms with van der Waals surface area (Å²) in [5.74, 6) is 0. The van der Waals surface area contributed by atoms with Crippen LogP contribution in [0.15, 0.2) is 133 Å². The Morgan fingerprint density at radius 2 is 0.609 bits per heavy atom. The molecular weight excluding hydrogens is 553 g/mol. The molecule has 0 unspecified atom stereocenters. The van der Waals surface area contributed by atoms with Crippen molar-refractivity contribution in [2.45, 2.75) is 40.5 Å². The first-order chi connectivity index (χ1) is 22.5. The van der Waals surface area contributed by atoms with Crippen LogP contribution in [0.5, 0.6) is 0 Å². The molecule has 8 rings (SSSR count). The lowest BCUT2D eigenvalue weighted by Gasteiger charge is -2.22. The van der Waals surface area contributed by atoms with Gasteiger partial charge in [0.2, 0.25) is 0 Å². The average molecular weight is 591 g/mol. The molecule has 0 spiro atoms. The third-order valence-electron chi connectivity index (χ3n) is 10.1. The number of benzene rings is 8. The molecule has 0 amide bonds. The zero-order valence-corrected chi connectivity index (χ0v) is 27.1. The molecule has 0 heterocycles. The summed E-state index contributed by atoms with van der Waals surface area (Å²) in [6.45, 7) is 8.86. The van der Waals surface area contributed by atoms with Crippen molar-refractivity contribution in [3.63, 3.8) is 0 Å². The van der Waals surface area contributed by atoms with Gasteiger partial charge < -0.3 is 0 Å². The van der Waals surface area contributed by atoms with Crippen LogP contribution >= 0.6 is 0 Å². The molecular formula is C46H38. The van der Waals surface area contributed by atoms with Gasteiger partial charge in [0, 0.05) is 0 Å². The lowest BCUT2D eigenvalue weighted by Crippen LogP contribution is -2.00. The molecule has 0 nitrogen and oxygen atoms in total. The van der Waals surface area contributed by atoms with Crippen molar-refractivity contribution in [1.82, 2.24) is 0 Å². The SMILES string of the molecule is Cc1ccc(Cc2c3ccccc3c(-c3c4ccccc4c(Cc4ccc(C)cc4C)c4ccccc34)c3ccccc23)c(C)c1. The van der Waals surface area contributed by atoms with E-state index in [4.69, 9.17) is 0 Å². The number of hydrogen-bond acceptors (Lipinski definition) is 0. The molecule has 0 aliphatic heterocycles. The van der Waals surface area contributed by atoms with E-state index in [1.54, 1.807) is 0 Å². The Labute approximate surface area is 272 Å². The molecule has 0 saturated carbocycles. The Hall–Kier alpha value is -5.20. The normalized spacial score (nSPS) is 11.7. The van der Waals surface area contributed by atoms with E-state index in [0.29, 0.717) is 0 Å². The molecule has 8 aromatic carbocycles. The maximum Gasteiger partial charge on any atom is -0.00108 e. The molecule has 0 N–H and O–H groups in total. The summed E-state index contributed by atoms with van der Waals surface area (Å²) in [5.41, 5.74) is 13.6. The monoisotopic (exact) mass is 590 g/mol. The van der Waals surface area contributed by atoms with E-state index in [0.717, 1.165) is 12.8 Å². The average Bonchev–Trinajstić information content (AvgIpc) is 3.07. The van der Waals surface area contributed by atoms with E-state index in [2.05, 4.69) is 161 Å². The highest BCUT2D eigenvalue weighted by Crippen LogP contribution is 2.47. The fourth-order valence-corrected chi connectivity index (χ4v) is 7.83. The number of fused-ring (bicyclic) bond motifs is 4. The first kappa shape index (κ1) is 28.3. The Morgan fingerprint density at radius 1 is 0.326 bits per heavy atom. The minimum absolute atomic E-state index is 0.907. The van der Waals surface area contributed by atoms with E-state index >= 15 is 0 Å². The van der Waals surface area contributed by atoms with E-state index < -0.39 is 0 Å². The van der Waals surface area contributed by atoms with Gasteiger partial charge >= 0.3 is 0 Å². The summed E-state index contributed by atoms with van der Waals surface area (Å²) in [6.07, 6.45) is 1.81. The molecule has 0 heteroatoms. The number of aryl methyl sites for hydroxylation is 4. The second-order valence-corrected chi connectivity index (χ2v) is 13.1. The largest absolute Gasteiger partial charge is 0.0616 e. The molecule has 0 aliphatic rings. The zero-order valence-electron chi connectivity index (χ0n) is 27.1. The fraction of sp³-hybridized carbons (Fsp3) is 0.130. The highest BCUT2D eigenvalue weighted by molar-refractivity contribution is 6.25. The van der Waals surface area contributed by atoms with Crippen LogP contribution in [0.4, 0.5) is 0 Å².